The second-order valence-electron chi connectivity index (χ2n) is 4.53. The number of urea groups is 1. The highest BCUT2D eigenvalue weighted by atomic mass is 32.2. The number of hydrogen-bond acceptors (Lipinski definition) is 4. The summed E-state index contributed by atoms with van der Waals surface area (Å²) in [6.45, 7) is 5.96. The zero-order valence-corrected chi connectivity index (χ0v) is 12.1. The highest BCUT2D eigenvalue weighted by Gasteiger charge is 2.41. The minimum atomic E-state index is -0.782. The molecule has 1 unspecified atom stereocenters. The van der Waals surface area contributed by atoms with E-state index in [0.29, 0.717) is 6.54 Å². The molecule has 6 heteroatoms. The van der Waals surface area contributed by atoms with E-state index in [2.05, 4.69) is 5.32 Å². The minimum Gasteiger partial charge on any atom is -0.277 e. The highest BCUT2D eigenvalue weighted by Crippen LogP contribution is 2.32. The Morgan fingerprint density at radius 3 is 2.28 bits per heavy atom. The largest absolute Gasteiger partial charge is 0.330 e. The summed E-state index contributed by atoms with van der Waals surface area (Å²) >= 11 is 1.66. The summed E-state index contributed by atoms with van der Waals surface area (Å²) in [5.41, 5.74) is 0. The SMILES string of the molecule is CCC(CC)(CN1C(=O)NC(=O)C(C)C1=O)SC. The molecule has 18 heavy (non-hydrogen) atoms. The summed E-state index contributed by atoms with van der Waals surface area (Å²) in [5.74, 6) is -1.69. The van der Waals surface area contributed by atoms with Crippen molar-refractivity contribution in [1.82, 2.24) is 10.2 Å². The lowest BCUT2D eigenvalue weighted by molar-refractivity contribution is -0.142. The van der Waals surface area contributed by atoms with Crippen molar-refractivity contribution in [2.45, 2.75) is 38.4 Å². The van der Waals surface area contributed by atoms with Crippen molar-refractivity contribution < 1.29 is 14.4 Å². The first-order chi connectivity index (χ1) is 8.40. The molecule has 1 fully saturated rings. The molecule has 0 aromatic rings. The van der Waals surface area contributed by atoms with Gasteiger partial charge in [0, 0.05) is 11.3 Å². The Labute approximate surface area is 112 Å². The average molecular weight is 272 g/mol. The second kappa shape index (κ2) is 5.73. The first-order valence-corrected chi connectivity index (χ1v) is 7.34. The van der Waals surface area contributed by atoms with Gasteiger partial charge in [0.25, 0.3) is 0 Å². The Morgan fingerprint density at radius 2 is 1.83 bits per heavy atom. The van der Waals surface area contributed by atoms with Gasteiger partial charge in [0.2, 0.25) is 11.8 Å². The van der Waals surface area contributed by atoms with Crippen LogP contribution in [0.5, 0.6) is 0 Å². The molecule has 0 aromatic carbocycles. The van der Waals surface area contributed by atoms with Gasteiger partial charge in [0.05, 0.1) is 0 Å². The first kappa shape index (κ1) is 15.0. The third-order valence-electron chi connectivity index (χ3n) is 3.67. The molecular weight excluding hydrogens is 252 g/mol. The van der Waals surface area contributed by atoms with Gasteiger partial charge in [0.1, 0.15) is 5.92 Å². The van der Waals surface area contributed by atoms with E-state index in [4.69, 9.17) is 0 Å². The van der Waals surface area contributed by atoms with Gasteiger partial charge in [-0.3, -0.25) is 19.8 Å². The van der Waals surface area contributed by atoms with Gasteiger partial charge in [-0.15, -0.1) is 0 Å². The van der Waals surface area contributed by atoms with Gasteiger partial charge in [-0.05, 0) is 26.0 Å². The molecule has 1 heterocycles. The number of amides is 4. The Hall–Kier alpha value is -1.04. The molecular formula is C12H20N2O3S. The van der Waals surface area contributed by atoms with E-state index < -0.39 is 23.8 Å². The fourth-order valence-electron chi connectivity index (χ4n) is 1.99. The van der Waals surface area contributed by atoms with Gasteiger partial charge >= 0.3 is 6.03 Å². The van der Waals surface area contributed by atoms with E-state index in [1.165, 1.54) is 11.8 Å². The Bertz CT molecular complexity index is 358. The normalized spacial score (nSPS) is 21.2. The van der Waals surface area contributed by atoms with Crippen LogP contribution < -0.4 is 5.32 Å². The van der Waals surface area contributed by atoms with Crippen LogP contribution in [-0.2, 0) is 9.59 Å². The number of imide groups is 2. The predicted octanol–water partition coefficient (Wildman–Crippen LogP) is 1.62. The number of rotatable bonds is 5. The van der Waals surface area contributed by atoms with Gasteiger partial charge in [-0.25, -0.2) is 4.79 Å². The van der Waals surface area contributed by atoms with Gasteiger partial charge in [-0.2, -0.15) is 11.8 Å². The van der Waals surface area contributed by atoms with E-state index >= 15 is 0 Å². The molecule has 0 bridgehead atoms. The van der Waals surface area contributed by atoms with Crippen molar-refractivity contribution in [3.05, 3.63) is 0 Å². The maximum atomic E-state index is 12.0. The van der Waals surface area contributed by atoms with Crippen LogP contribution in [0.25, 0.3) is 0 Å². The van der Waals surface area contributed by atoms with Crippen molar-refractivity contribution in [3.63, 3.8) is 0 Å². The summed E-state index contributed by atoms with van der Waals surface area (Å²) in [5, 5.41) is 2.22. The van der Waals surface area contributed by atoms with E-state index in [9.17, 15) is 14.4 Å². The van der Waals surface area contributed by atoms with Crippen LogP contribution in [-0.4, -0.2) is 40.3 Å². The van der Waals surface area contributed by atoms with Gasteiger partial charge in [-0.1, -0.05) is 13.8 Å². The quantitative estimate of drug-likeness (QED) is 0.772. The maximum Gasteiger partial charge on any atom is 0.330 e. The smallest absolute Gasteiger partial charge is 0.277 e. The molecule has 1 atom stereocenters. The molecule has 1 aliphatic rings. The van der Waals surface area contributed by atoms with Gasteiger partial charge in [0.15, 0.2) is 0 Å². The minimum absolute atomic E-state index is 0.132. The number of carbonyl (C=O) groups is 3. The standard InChI is InChI=1S/C12H20N2O3S/c1-5-12(6-2,18-4)7-14-10(16)8(3)9(15)13-11(14)17/h8H,5-7H2,1-4H3,(H,13,15,17). The van der Waals surface area contributed by atoms with Crippen LogP contribution in [0.1, 0.15) is 33.6 Å². The number of barbiturate groups is 1. The summed E-state index contributed by atoms with van der Waals surface area (Å²) in [6.07, 6.45) is 3.71. The fraction of sp³-hybridized carbons (Fsp3) is 0.750. The molecule has 0 radical (unpaired) electrons. The number of nitrogens with zero attached hydrogens (tertiary/aromatic N) is 1. The topological polar surface area (TPSA) is 66.5 Å². The van der Waals surface area contributed by atoms with Crippen molar-refractivity contribution in [3.8, 4) is 0 Å². The Morgan fingerprint density at radius 1 is 1.28 bits per heavy atom. The lowest BCUT2D eigenvalue weighted by Gasteiger charge is -2.37. The van der Waals surface area contributed by atoms with Crippen LogP contribution in [0.3, 0.4) is 0 Å². The fourth-order valence-corrected chi connectivity index (χ4v) is 2.83. The van der Waals surface area contributed by atoms with Crippen molar-refractivity contribution in [2.24, 2.45) is 5.92 Å². The molecule has 5 nitrogen and oxygen atoms in total. The van der Waals surface area contributed by atoms with Crippen LogP contribution in [0.15, 0.2) is 0 Å². The average Bonchev–Trinajstić information content (AvgIpc) is 2.37. The van der Waals surface area contributed by atoms with Crippen LogP contribution in [0, 0.1) is 5.92 Å². The molecule has 0 saturated carbocycles. The third kappa shape index (κ3) is 2.68. The lowest BCUT2D eigenvalue weighted by atomic mass is 9.99. The monoisotopic (exact) mass is 272 g/mol. The van der Waals surface area contributed by atoms with Crippen molar-refractivity contribution >= 4 is 29.6 Å². The van der Waals surface area contributed by atoms with Crippen LogP contribution in [0.2, 0.25) is 0 Å². The molecule has 0 aliphatic carbocycles. The summed E-state index contributed by atoms with van der Waals surface area (Å²) in [4.78, 5) is 36.3. The van der Waals surface area contributed by atoms with Crippen LogP contribution in [0.4, 0.5) is 4.79 Å². The molecule has 1 rings (SSSR count). The van der Waals surface area contributed by atoms with E-state index in [-0.39, 0.29) is 4.75 Å². The second-order valence-corrected chi connectivity index (χ2v) is 5.81. The first-order valence-electron chi connectivity index (χ1n) is 6.12. The lowest BCUT2D eigenvalue weighted by Crippen LogP contribution is -2.60. The zero-order valence-electron chi connectivity index (χ0n) is 11.3. The number of nitrogens with one attached hydrogen (secondary N) is 1. The molecule has 1 saturated heterocycles. The number of carbonyl (C=O) groups excluding carboxylic acids is 3. The Kier molecular flexibility index (Phi) is 4.78. The van der Waals surface area contributed by atoms with Crippen LogP contribution >= 0.6 is 11.8 Å². The molecule has 0 aromatic heterocycles. The van der Waals surface area contributed by atoms with E-state index in [1.54, 1.807) is 11.8 Å². The number of hydrogen-bond donors (Lipinski definition) is 1. The van der Waals surface area contributed by atoms with Gasteiger partial charge < -0.3 is 0 Å². The summed E-state index contributed by atoms with van der Waals surface area (Å²) in [7, 11) is 0. The zero-order chi connectivity index (χ0) is 13.9. The molecule has 4 amide bonds. The molecule has 0 spiro atoms. The maximum absolute atomic E-state index is 12.0. The summed E-state index contributed by atoms with van der Waals surface area (Å²) in [6, 6.07) is -0.594. The third-order valence-corrected chi connectivity index (χ3v) is 5.25. The molecule has 1 aliphatic heterocycles. The molecule has 102 valence electrons. The van der Waals surface area contributed by atoms with E-state index in [0.717, 1.165) is 12.8 Å². The Balaban J connectivity index is 2.91. The van der Waals surface area contributed by atoms with Crippen molar-refractivity contribution in [2.75, 3.05) is 12.8 Å². The number of thioether (sulfide) groups is 1. The predicted molar refractivity (Wildman–Crippen MR) is 71.2 cm³/mol. The molecule has 1 N–H and O–H groups in total. The van der Waals surface area contributed by atoms with E-state index in [1.807, 2.05) is 20.1 Å². The van der Waals surface area contributed by atoms with Crippen molar-refractivity contribution in [1.29, 1.82) is 0 Å². The highest BCUT2D eigenvalue weighted by molar-refractivity contribution is 8.00. The summed E-state index contributed by atoms with van der Waals surface area (Å²) < 4.78 is -0.132.